The van der Waals surface area contributed by atoms with Gasteiger partial charge in [0.2, 0.25) is 5.95 Å². The first-order valence-corrected chi connectivity index (χ1v) is 5.01. The Morgan fingerprint density at radius 3 is 2.83 bits per heavy atom. The zero-order valence-corrected chi connectivity index (χ0v) is 9.38. The number of benzene rings is 1. The maximum Gasteiger partial charge on any atom is 0.273 e. The Bertz CT molecular complexity index is 652. The molecule has 0 saturated heterocycles. The van der Waals surface area contributed by atoms with Crippen LogP contribution in [0.25, 0.3) is 0 Å². The molecule has 92 valence electrons. The number of rotatable bonds is 3. The quantitative estimate of drug-likeness (QED) is 0.620. The van der Waals surface area contributed by atoms with Crippen LogP contribution in [0.2, 0.25) is 0 Å². The number of anilines is 2. The molecule has 2 rings (SSSR count). The number of aryl methyl sites for hydroxylation is 1. The van der Waals surface area contributed by atoms with Crippen LogP contribution in [-0.2, 0) is 0 Å². The van der Waals surface area contributed by atoms with Gasteiger partial charge >= 0.3 is 0 Å². The summed E-state index contributed by atoms with van der Waals surface area (Å²) in [5, 5.41) is 20.7. The van der Waals surface area contributed by atoms with Crippen molar-refractivity contribution in [2.24, 2.45) is 0 Å². The summed E-state index contributed by atoms with van der Waals surface area (Å²) in [6.07, 6.45) is 0. The van der Waals surface area contributed by atoms with Gasteiger partial charge in [-0.15, -0.1) is 10.2 Å². The minimum absolute atomic E-state index is 0.0533. The predicted molar refractivity (Wildman–Crippen MR) is 63.8 cm³/mol. The lowest BCUT2D eigenvalue weighted by Gasteiger charge is -2.03. The molecule has 0 bridgehead atoms. The molecule has 0 saturated carbocycles. The van der Waals surface area contributed by atoms with Crippen LogP contribution in [0, 0.1) is 17.0 Å². The maximum absolute atomic E-state index is 11.3. The molecular formula is C10H9N5O3. The Kier molecular flexibility index (Phi) is 3.00. The van der Waals surface area contributed by atoms with Crippen LogP contribution >= 0.6 is 0 Å². The molecule has 0 spiro atoms. The van der Waals surface area contributed by atoms with Crippen molar-refractivity contribution in [3.05, 3.63) is 50.4 Å². The maximum atomic E-state index is 11.3. The summed E-state index contributed by atoms with van der Waals surface area (Å²) in [5.74, 6) is 0.131. The Hall–Kier alpha value is -2.77. The van der Waals surface area contributed by atoms with Gasteiger partial charge in [-0.25, -0.2) is 0 Å². The molecule has 1 heterocycles. The van der Waals surface area contributed by atoms with Crippen LogP contribution in [0.4, 0.5) is 17.3 Å². The van der Waals surface area contributed by atoms with E-state index in [9.17, 15) is 14.9 Å². The summed E-state index contributed by atoms with van der Waals surface area (Å²) >= 11 is 0. The molecule has 0 aliphatic heterocycles. The van der Waals surface area contributed by atoms with E-state index < -0.39 is 4.92 Å². The van der Waals surface area contributed by atoms with E-state index in [-0.39, 0.29) is 22.9 Å². The molecule has 0 unspecified atom stereocenters. The largest absolute Gasteiger partial charge is 0.324 e. The molecule has 0 aliphatic carbocycles. The Morgan fingerprint density at radius 2 is 2.17 bits per heavy atom. The van der Waals surface area contributed by atoms with Gasteiger partial charge in [0.25, 0.3) is 11.2 Å². The van der Waals surface area contributed by atoms with Crippen molar-refractivity contribution in [1.29, 1.82) is 0 Å². The second kappa shape index (κ2) is 4.62. The molecule has 1 aromatic carbocycles. The van der Waals surface area contributed by atoms with Gasteiger partial charge in [-0.3, -0.25) is 19.9 Å². The second-order valence-corrected chi connectivity index (χ2v) is 3.52. The topological polar surface area (TPSA) is 114 Å². The smallest absolute Gasteiger partial charge is 0.273 e. The highest BCUT2D eigenvalue weighted by atomic mass is 16.6. The lowest BCUT2D eigenvalue weighted by atomic mass is 10.3. The third-order valence-electron chi connectivity index (χ3n) is 2.18. The Balaban J connectivity index is 2.28. The highest BCUT2D eigenvalue weighted by Gasteiger charge is 2.06. The molecule has 0 radical (unpaired) electrons. The number of nitrogens with zero attached hydrogens (tertiary/aromatic N) is 3. The van der Waals surface area contributed by atoms with Gasteiger partial charge in [0, 0.05) is 17.8 Å². The minimum atomic E-state index is -0.505. The molecule has 0 amide bonds. The van der Waals surface area contributed by atoms with Crippen molar-refractivity contribution in [1.82, 2.24) is 15.2 Å². The van der Waals surface area contributed by atoms with Crippen molar-refractivity contribution in [3.63, 3.8) is 0 Å². The molecule has 8 nitrogen and oxygen atoms in total. The van der Waals surface area contributed by atoms with Gasteiger partial charge in [0.1, 0.15) is 5.69 Å². The average Bonchev–Trinajstić information content (AvgIpc) is 2.34. The van der Waals surface area contributed by atoms with E-state index in [4.69, 9.17) is 0 Å². The fraction of sp³-hybridized carbons (Fsp3) is 0.100. The zero-order valence-electron chi connectivity index (χ0n) is 9.38. The monoisotopic (exact) mass is 247 g/mol. The number of hydrogen-bond acceptors (Lipinski definition) is 6. The van der Waals surface area contributed by atoms with Gasteiger partial charge in [-0.1, -0.05) is 6.07 Å². The number of hydrogen-bond donors (Lipinski definition) is 2. The molecule has 0 aliphatic rings. The van der Waals surface area contributed by atoms with Crippen LogP contribution in [0.3, 0.4) is 0 Å². The van der Waals surface area contributed by atoms with Crippen LogP contribution < -0.4 is 10.9 Å². The number of nitro benzene ring substituents is 1. The minimum Gasteiger partial charge on any atom is -0.324 e. The van der Waals surface area contributed by atoms with Crippen LogP contribution in [0.1, 0.15) is 5.69 Å². The molecule has 2 N–H and O–H groups in total. The number of aromatic nitrogens is 3. The number of nitrogens with one attached hydrogen (secondary N) is 2. The number of nitro groups is 1. The Morgan fingerprint density at radius 1 is 1.39 bits per heavy atom. The van der Waals surface area contributed by atoms with Crippen molar-refractivity contribution in [3.8, 4) is 0 Å². The van der Waals surface area contributed by atoms with Gasteiger partial charge in [0.15, 0.2) is 0 Å². The first kappa shape index (κ1) is 11.7. The van der Waals surface area contributed by atoms with Gasteiger partial charge in [-0.2, -0.15) is 0 Å². The van der Waals surface area contributed by atoms with Gasteiger partial charge in [0.05, 0.1) is 4.92 Å². The van der Waals surface area contributed by atoms with Gasteiger partial charge < -0.3 is 5.32 Å². The molecule has 18 heavy (non-hydrogen) atoms. The fourth-order valence-electron chi connectivity index (χ4n) is 1.28. The summed E-state index contributed by atoms with van der Waals surface area (Å²) in [6.45, 7) is 1.53. The number of aromatic amines is 1. The van der Waals surface area contributed by atoms with E-state index in [1.54, 1.807) is 6.07 Å². The SMILES string of the molecule is Cc1nnc(Nc2cccc([N+](=O)[O-])c2)[nH]c1=O. The summed E-state index contributed by atoms with van der Waals surface area (Å²) < 4.78 is 0. The lowest BCUT2D eigenvalue weighted by Crippen LogP contribution is -2.15. The number of H-pyrrole nitrogens is 1. The third-order valence-corrected chi connectivity index (χ3v) is 2.18. The van der Waals surface area contributed by atoms with E-state index in [0.717, 1.165) is 0 Å². The molecule has 2 aromatic rings. The second-order valence-electron chi connectivity index (χ2n) is 3.52. The number of non-ortho nitro benzene ring substituents is 1. The van der Waals surface area contributed by atoms with Gasteiger partial charge in [-0.05, 0) is 13.0 Å². The molecular weight excluding hydrogens is 238 g/mol. The van der Waals surface area contributed by atoms with Crippen LogP contribution in [-0.4, -0.2) is 20.1 Å². The first-order valence-electron chi connectivity index (χ1n) is 5.01. The average molecular weight is 247 g/mol. The molecule has 0 atom stereocenters. The molecule has 1 aromatic heterocycles. The normalized spacial score (nSPS) is 10.1. The van der Waals surface area contributed by atoms with E-state index in [0.29, 0.717) is 5.69 Å². The summed E-state index contributed by atoms with van der Waals surface area (Å²) in [7, 11) is 0. The summed E-state index contributed by atoms with van der Waals surface area (Å²) in [5.41, 5.74) is 0.276. The summed E-state index contributed by atoms with van der Waals surface area (Å²) in [4.78, 5) is 23.9. The van der Waals surface area contributed by atoms with E-state index in [1.807, 2.05) is 0 Å². The van der Waals surface area contributed by atoms with E-state index >= 15 is 0 Å². The van der Waals surface area contributed by atoms with Crippen LogP contribution in [0.5, 0.6) is 0 Å². The van der Waals surface area contributed by atoms with Crippen LogP contribution in [0.15, 0.2) is 29.1 Å². The van der Waals surface area contributed by atoms with Crippen molar-refractivity contribution >= 4 is 17.3 Å². The highest BCUT2D eigenvalue weighted by Crippen LogP contribution is 2.18. The summed E-state index contributed by atoms with van der Waals surface area (Å²) in [6, 6.07) is 5.85. The lowest BCUT2D eigenvalue weighted by molar-refractivity contribution is -0.384. The van der Waals surface area contributed by atoms with E-state index in [1.165, 1.54) is 25.1 Å². The third kappa shape index (κ3) is 2.48. The standard InChI is InChI=1S/C10H9N5O3/c1-6-9(16)12-10(14-13-6)11-7-3-2-4-8(5-7)15(17)18/h2-5H,1H3,(H2,11,12,14,16). The molecule has 0 fully saturated rings. The van der Waals surface area contributed by atoms with Crippen molar-refractivity contribution in [2.45, 2.75) is 6.92 Å². The molecule has 8 heteroatoms. The highest BCUT2D eigenvalue weighted by molar-refractivity contribution is 5.57. The fourth-order valence-corrected chi connectivity index (χ4v) is 1.28. The van der Waals surface area contributed by atoms with E-state index in [2.05, 4.69) is 20.5 Å². The predicted octanol–water partition coefficient (Wildman–Crippen LogP) is 1.13. The van der Waals surface area contributed by atoms with Crippen molar-refractivity contribution < 1.29 is 4.92 Å². The Labute approximate surface area is 101 Å². The first-order chi connectivity index (χ1) is 8.56. The zero-order chi connectivity index (χ0) is 13.1. The van der Waals surface area contributed by atoms with Crippen molar-refractivity contribution in [2.75, 3.05) is 5.32 Å².